The number of rotatable bonds is 4. The first kappa shape index (κ1) is 14.4. The first-order valence-electron chi connectivity index (χ1n) is 5.38. The van der Waals surface area contributed by atoms with Gasteiger partial charge in [0.25, 0.3) is 10.0 Å². The van der Waals surface area contributed by atoms with E-state index in [-0.39, 0.29) is 21.6 Å². The molecule has 3 N–H and O–H groups in total. The fourth-order valence-corrected chi connectivity index (χ4v) is 2.54. The monoisotopic (exact) mass is 314 g/mol. The van der Waals surface area contributed by atoms with Crippen molar-refractivity contribution in [3.63, 3.8) is 0 Å². The maximum atomic E-state index is 12.2. The molecule has 0 atom stereocenters. The number of halogens is 1. The molecule has 2 rings (SSSR count). The van der Waals surface area contributed by atoms with Gasteiger partial charge in [-0.05, 0) is 24.3 Å². The van der Waals surface area contributed by atoms with Gasteiger partial charge in [0.1, 0.15) is 5.75 Å². The van der Waals surface area contributed by atoms with Crippen molar-refractivity contribution >= 4 is 33.1 Å². The third kappa shape index (κ3) is 3.09. The molecule has 1 aromatic heterocycles. The number of nitrogens with one attached hydrogen (secondary N) is 1. The number of ether oxygens (including phenoxy) is 1. The number of aromatic nitrogens is 2. The number of hydrogen-bond donors (Lipinski definition) is 2. The number of methoxy groups -OCH3 is 1. The predicted octanol–water partition coefficient (Wildman–Crippen LogP) is 1.52. The molecular formula is C11H11ClN4O3S. The summed E-state index contributed by atoms with van der Waals surface area (Å²) in [6.45, 7) is 0. The molecule has 106 valence electrons. The molecule has 0 amide bonds. The largest absolute Gasteiger partial charge is 0.495 e. The smallest absolute Gasteiger partial charge is 0.263 e. The van der Waals surface area contributed by atoms with Crippen LogP contribution in [0.5, 0.6) is 5.75 Å². The quantitative estimate of drug-likeness (QED) is 0.828. The Balaban J connectivity index is 2.33. The summed E-state index contributed by atoms with van der Waals surface area (Å²) in [6, 6.07) is 6.96. The average molecular weight is 315 g/mol. The highest BCUT2D eigenvalue weighted by Gasteiger charge is 2.17. The Morgan fingerprint density at radius 2 is 2.00 bits per heavy atom. The van der Waals surface area contributed by atoms with E-state index in [2.05, 4.69) is 14.9 Å². The van der Waals surface area contributed by atoms with Gasteiger partial charge in [0.05, 0.1) is 17.7 Å². The lowest BCUT2D eigenvalue weighted by Gasteiger charge is -2.09. The summed E-state index contributed by atoms with van der Waals surface area (Å²) >= 11 is 5.58. The van der Waals surface area contributed by atoms with E-state index in [1.807, 2.05) is 0 Å². The van der Waals surface area contributed by atoms with Gasteiger partial charge in [-0.25, -0.2) is 8.42 Å². The van der Waals surface area contributed by atoms with Crippen LogP contribution in [0.15, 0.2) is 35.2 Å². The highest BCUT2D eigenvalue weighted by atomic mass is 35.5. The topological polar surface area (TPSA) is 107 Å². The minimum Gasteiger partial charge on any atom is -0.495 e. The number of nitrogens with two attached hydrogens (primary N) is 1. The molecule has 1 heterocycles. The van der Waals surface area contributed by atoms with Gasteiger partial charge in [0.15, 0.2) is 11.0 Å². The van der Waals surface area contributed by atoms with Crippen LogP contribution in [-0.4, -0.2) is 25.7 Å². The highest BCUT2D eigenvalue weighted by Crippen LogP contribution is 2.25. The summed E-state index contributed by atoms with van der Waals surface area (Å²) in [5.41, 5.74) is 5.98. The van der Waals surface area contributed by atoms with Crippen molar-refractivity contribution in [2.75, 3.05) is 17.6 Å². The van der Waals surface area contributed by atoms with E-state index in [0.717, 1.165) is 0 Å². The maximum Gasteiger partial charge on any atom is 0.263 e. The van der Waals surface area contributed by atoms with E-state index in [0.29, 0.717) is 5.69 Å². The lowest BCUT2D eigenvalue weighted by Crippen LogP contribution is -2.14. The molecule has 0 fully saturated rings. The van der Waals surface area contributed by atoms with Crippen LogP contribution in [0.1, 0.15) is 0 Å². The first-order valence-corrected chi connectivity index (χ1v) is 7.24. The van der Waals surface area contributed by atoms with Crippen LogP contribution in [0.3, 0.4) is 0 Å². The van der Waals surface area contributed by atoms with Crippen molar-refractivity contribution in [2.24, 2.45) is 0 Å². The van der Waals surface area contributed by atoms with Crippen LogP contribution in [0.4, 0.5) is 11.5 Å². The number of nitrogens with zero attached hydrogens (tertiary/aromatic N) is 2. The Morgan fingerprint density at radius 3 is 2.60 bits per heavy atom. The predicted molar refractivity (Wildman–Crippen MR) is 75.3 cm³/mol. The van der Waals surface area contributed by atoms with Crippen LogP contribution in [-0.2, 0) is 10.0 Å². The van der Waals surface area contributed by atoms with E-state index in [1.165, 1.54) is 37.4 Å². The first-order chi connectivity index (χ1) is 9.42. The number of nitrogen functional groups attached to an aromatic ring is 1. The molecule has 0 aliphatic carbocycles. The molecule has 0 aliphatic heterocycles. The number of benzene rings is 1. The van der Waals surface area contributed by atoms with Crippen molar-refractivity contribution < 1.29 is 13.2 Å². The van der Waals surface area contributed by atoms with Crippen molar-refractivity contribution in [1.29, 1.82) is 0 Å². The van der Waals surface area contributed by atoms with Gasteiger partial charge in [-0.1, -0.05) is 11.6 Å². The Hall–Kier alpha value is -2.06. The Kier molecular flexibility index (Phi) is 3.96. The standard InChI is InChI=1S/C11H11ClN4O3S/c1-19-9-6-7(2-3-8(9)13)20(17,18)16-11-5-4-10(12)14-15-11/h2-6H,13H2,1H3,(H,15,16). The fourth-order valence-electron chi connectivity index (χ4n) is 1.43. The number of hydrogen-bond acceptors (Lipinski definition) is 6. The van der Waals surface area contributed by atoms with Gasteiger partial charge < -0.3 is 10.5 Å². The second-order valence-corrected chi connectivity index (χ2v) is 5.82. The molecule has 1 aromatic carbocycles. The normalized spacial score (nSPS) is 11.1. The summed E-state index contributed by atoms with van der Waals surface area (Å²) in [5.74, 6) is 0.334. The molecule has 0 spiro atoms. The SMILES string of the molecule is COc1cc(S(=O)(=O)Nc2ccc(Cl)nn2)ccc1N. The lowest BCUT2D eigenvalue weighted by molar-refractivity contribution is 0.415. The molecular weight excluding hydrogens is 304 g/mol. The Morgan fingerprint density at radius 1 is 1.25 bits per heavy atom. The fraction of sp³-hybridized carbons (Fsp3) is 0.0909. The Bertz CT molecular complexity index is 719. The van der Waals surface area contributed by atoms with Gasteiger partial charge in [0, 0.05) is 6.07 Å². The molecule has 0 radical (unpaired) electrons. The van der Waals surface area contributed by atoms with E-state index >= 15 is 0 Å². The molecule has 0 aliphatic rings. The van der Waals surface area contributed by atoms with Gasteiger partial charge in [0.2, 0.25) is 0 Å². The summed E-state index contributed by atoms with van der Waals surface area (Å²) in [4.78, 5) is 0.000278. The van der Waals surface area contributed by atoms with Crippen LogP contribution in [0.25, 0.3) is 0 Å². The molecule has 0 saturated heterocycles. The zero-order valence-corrected chi connectivity index (χ0v) is 11.9. The lowest BCUT2D eigenvalue weighted by atomic mass is 10.3. The van der Waals surface area contributed by atoms with E-state index < -0.39 is 10.0 Å². The second kappa shape index (κ2) is 5.51. The van der Waals surface area contributed by atoms with Crippen LogP contribution >= 0.6 is 11.6 Å². The molecule has 20 heavy (non-hydrogen) atoms. The molecule has 7 nitrogen and oxygen atoms in total. The zero-order valence-electron chi connectivity index (χ0n) is 10.4. The Labute approximate surface area is 120 Å². The van der Waals surface area contributed by atoms with Crippen LogP contribution < -0.4 is 15.2 Å². The summed E-state index contributed by atoms with van der Waals surface area (Å²) in [6.07, 6.45) is 0. The molecule has 2 aromatic rings. The van der Waals surface area contributed by atoms with Crippen LogP contribution in [0.2, 0.25) is 5.15 Å². The summed E-state index contributed by atoms with van der Waals surface area (Å²) in [5, 5.41) is 7.34. The summed E-state index contributed by atoms with van der Waals surface area (Å²) < 4.78 is 31.6. The van der Waals surface area contributed by atoms with E-state index in [4.69, 9.17) is 22.1 Å². The minimum absolute atomic E-state index is 0.000278. The molecule has 0 bridgehead atoms. The van der Waals surface area contributed by atoms with Crippen molar-refractivity contribution in [1.82, 2.24) is 10.2 Å². The third-order valence-electron chi connectivity index (χ3n) is 2.39. The highest BCUT2D eigenvalue weighted by molar-refractivity contribution is 7.92. The average Bonchev–Trinajstić information content (AvgIpc) is 2.41. The van der Waals surface area contributed by atoms with E-state index in [1.54, 1.807) is 0 Å². The second-order valence-electron chi connectivity index (χ2n) is 3.75. The van der Waals surface area contributed by atoms with Gasteiger partial charge in [-0.15, -0.1) is 10.2 Å². The van der Waals surface area contributed by atoms with Gasteiger partial charge >= 0.3 is 0 Å². The number of sulfonamides is 1. The van der Waals surface area contributed by atoms with Crippen molar-refractivity contribution in [3.8, 4) is 5.75 Å². The minimum atomic E-state index is -3.81. The van der Waals surface area contributed by atoms with Crippen LogP contribution in [0, 0.1) is 0 Å². The van der Waals surface area contributed by atoms with Crippen molar-refractivity contribution in [2.45, 2.75) is 4.90 Å². The molecule has 0 unspecified atom stereocenters. The maximum absolute atomic E-state index is 12.2. The molecule has 9 heteroatoms. The zero-order chi connectivity index (χ0) is 14.8. The van der Waals surface area contributed by atoms with Crippen molar-refractivity contribution in [3.05, 3.63) is 35.5 Å². The third-order valence-corrected chi connectivity index (χ3v) is 3.94. The van der Waals surface area contributed by atoms with Gasteiger partial charge in [-0.2, -0.15) is 0 Å². The van der Waals surface area contributed by atoms with Gasteiger partial charge in [-0.3, -0.25) is 4.72 Å². The molecule has 0 saturated carbocycles. The summed E-state index contributed by atoms with van der Waals surface area (Å²) in [7, 11) is -2.40. The number of anilines is 2. The van der Waals surface area contributed by atoms with E-state index in [9.17, 15) is 8.42 Å².